The summed E-state index contributed by atoms with van der Waals surface area (Å²) in [6.07, 6.45) is 22.3. The maximum atomic E-state index is 13.0. The second kappa shape index (κ2) is 19.1. The van der Waals surface area contributed by atoms with Crippen LogP contribution in [0.3, 0.4) is 0 Å². The van der Waals surface area contributed by atoms with E-state index in [1.165, 1.54) is 96.3 Å². The molecule has 272 valence electrons. The molecule has 0 amide bonds. The molecule has 0 aromatic heterocycles. The zero-order valence-electron chi connectivity index (χ0n) is 32.5. The Bertz CT molecular complexity index is 1060. The van der Waals surface area contributed by atoms with Crippen LogP contribution in [0.1, 0.15) is 175 Å². The van der Waals surface area contributed by atoms with Gasteiger partial charge in [0.15, 0.2) is 5.79 Å². The summed E-state index contributed by atoms with van der Waals surface area (Å²) in [5, 5.41) is 13.0. The molecule has 3 rings (SSSR count). The lowest BCUT2D eigenvalue weighted by Crippen LogP contribution is -2.71. The Hall–Kier alpha value is -1.68. The van der Waals surface area contributed by atoms with Crippen LogP contribution >= 0.6 is 0 Å². The van der Waals surface area contributed by atoms with Crippen LogP contribution in [-0.2, 0) is 20.3 Å². The van der Waals surface area contributed by atoms with Crippen LogP contribution in [0.4, 0.5) is 0 Å². The number of ether oxygens (including phenoxy) is 2. The minimum atomic E-state index is -0.832. The molecule has 0 radical (unpaired) electrons. The molecule has 1 N–H and O–H groups in total. The molecule has 1 saturated carbocycles. The number of benzene rings is 2. The number of hydrogen-bond donors (Lipinski definition) is 1. The third-order valence-electron chi connectivity index (χ3n) is 12.0. The van der Waals surface area contributed by atoms with E-state index in [1.54, 1.807) is 0 Å². The SMILES string of the molecule is CCCCCCCCCCCCCCCCCCOC1(OC)CC(c2ccccc2)(C(C)(C)C)C(O)C(c2ccccc2)(C(C)(C)C)C1. The van der Waals surface area contributed by atoms with Crippen LogP contribution in [0.15, 0.2) is 60.7 Å². The Labute approximate surface area is 297 Å². The molecular weight excluding hydrogens is 588 g/mol. The minimum Gasteiger partial charge on any atom is -0.391 e. The second-order valence-corrected chi connectivity index (χ2v) is 17.2. The average molecular weight is 663 g/mol. The lowest BCUT2D eigenvalue weighted by atomic mass is 9.42. The van der Waals surface area contributed by atoms with Crippen LogP contribution in [0.5, 0.6) is 0 Å². The molecule has 2 unspecified atom stereocenters. The second-order valence-electron chi connectivity index (χ2n) is 17.2. The number of hydrogen-bond acceptors (Lipinski definition) is 3. The van der Waals surface area contributed by atoms with Gasteiger partial charge < -0.3 is 14.6 Å². The highest BCUT2D eigenvalue weighted by Gasteiger charge is 2.69. The fourth-order valence-electron chi connectivity index (χ4n) is 8.95. The summed E-state index contributed by atoms with van der Waals surface area (Å²) in [5.41, 5.74) is 0.533. The highest BCUT2D eigenvalue weighted by Crippen LogP contribution is 2.65. The molecule has 48 heavy (non-hydrogen) atoms. The van der Waals surface area contributed by atoms with Gasteiger partial charge in [0.05, 0.1) is 12.7 Å². The normalized spacial score (nSPS) is 25.0. The zero-order chi connectivity index (χ0) is 35.2. The van der Waals surface area contributed by atoms with Crippen molar-refractivity contribution in [3.05, 3.63) is 71.8 Å². The van der Waals surface area contributed by atoms with Gasteiger partial charge in [0.2, 0.25) is 0 Å². The van der Waals surface area contributed by atoms with Crippen LogP contribution in [0.2, 0.25) is 0 Å². The standard InChI is InChI=1S/C45H74O3/c1-9-10-11-12-13-14-15-16-17-18-19-20-21-22-23-30-35-48-43(47-8)36-44(41(2,3)4,38-31-26-24-27-32-38)40(46)45(37-43,42(5,6)7)39-33-28-25-29-34-39/h24-29,31-34,40,46H,9-23,30,35-37H2,1-8H3. The van der Waals surface area contributed by atoms with Crippen molar-refractivity contribution < 1.29 is 14.6 Å². The first-order chi connectivity index (χ1) is 22.9. The summed E-state index contributed by atoms with van der Waals surface area (Å²) in [4.78, 5) is 0. The number of aliphatic hydroxyl groups excluding tert-OH is 1. The summed E-state index contributed by atoms with van der Waals surface area (Å²) in [5.74, 6) is -0.832. The summed E-state index contributed by atoms with van der Waals surface area (Å²) in [7, 11) is 1.82. The van der Waals surface area contributed by atoms with Crippen molar-refractivity contribution >= 4 is 0 Å². The van der Waals surface area contributed by atoms with Crippen molar-refractivity contribution in [3.63, 3.8) is 0 Å². The molecule has 2 atom stereocenters. The maximum Gasteiger partial charge on any atom is 0.169 e. The summed E-state index contributed by atoms with van der Waals surface area (Å²) in [6.45, 7) is 16.7. The van der Waals surface area contributed by atoms with E-state index in [4.69, 9.17) is 9.47 Å². The molecular formula is C45H74O3. The molecule has 0 saturated heterocycles. The Morgan fingerprint density at radius 1 is 0.562 bits per heavy atom. The van der Waals surface area contributed by atoms with Crippen LogP contribution in [0, 0.1) is 10.8 Å². The molecule has 0 spiro atoms. The van der Waals surface area contributed by atoms with E-state index in [2.05, 4.69) is 109 Å². The third kappa shape index (κ3) is 9.97. The van der Waals surface area contributed by atoms with Gasteiger partial charge in [0.1, 0.15) is 0 Å². The molecule has 1 aliphatic rings. The summed E-state index contributed by atoms with van der Waals surface area (Å²) < 4.78 is 13.6. The van der Waals surface area contributed by atoms with Crippen molar-refractivity contribution in [1.29, 1.82) is 0 Å². The lowest BCUT2D eigenvalue weighted by molar-refractivity contribution is -0.297. The molecule has 0 bridgehead atoms. The van der Waals surface area contributed by atoms with Gasteiger partial charge in [-0.1, -0.05) is 205 Å². The van der Waals surface area contributed by atoms with Crippen molar-refractivity contribution in [2.45, 2.75) is 187 Å². The van der Waals surface area contributed by atoms with Crippen molar-refractivity contribution in [2.75, 3.05) is 13.7 Å². The third-order valence-corrected chi connectivity index (χ3v) is 12.0. The van der Waals surface area contributed by atoms with E-state index in [0.717, 1.165) is 17.5 Å². The largest absolute Gasteiger partial charge is 0.391 e. The van der Waals surface area contributed by atoms with E-state index in [9.17, 15) is 5.11 Å². The highest BCUT2D eigenvalue weighted by molar-refractivity contribution is 5.41. The Balaban J connectivity index is 1.65. The van der Waals surface area contributed by atoms with Crippen molar-refractivity contribution in [2.24, 2.45) is 10.8 Å². The fourth-order valence-corrected chi connectivity index (χ4v) is 8.95. The first kappa shape index (κ1) is 40.7. The number of unbranched alkanes of at least 4 members (excludes halogenated alkanes) is 15. The molecule has 3 nitrogen and oxygen atoms in total. The van der Waals surface area contributed by atoms with Gasteiger partial charge in [-0.3, -0.25) is 0 Å². The number of methoxy groups -OCH3 is 1. The molecule has 0 aliphatic heterocycles. The smallest absolute Gasteiger partial charge is 0.169 e. The predicted molar refractivity (Wildman–Crippen MR) is 206 cm³/mol. The monoisotopic (exact) mass is 663 g/mol. The molecule has 1 aliphatic carbocycles. The lowest BCUT2D eigenvalue weighted by Gasteiger charge is -2.66. The quantitative estimate of drug-likeness (QED) is 0.107. The zero-order valence-corrected chi connectivity index (χ0v) is 32.5. The van der Waals surface area contributed by atoms with E-state index in [0.29, 0.717) is 19.4 Å². The van der Waals surface area contributed by atoms with Gasteiger partial charge in [0, 0.05) is 30.8 Å². The summed E-state index contributed by atoms with van der Waals surface area (Å²) in [6, 6.07) is 21.4. The summed E-state index contributed by atoms with van der Waals surface area (Å²) >= 11 is 0. The van der Waals surface area contributed by atoms with Gasteiger partial charge in [0.25, 0.3) is 0 Å². The van der Waals surface area contributed by atoms with Gasteiger partial charge in [-0.15, -0.1) is 0 Å². The van der Waals surface area contributed by atoms with Gasteiger partial charge in [-0.05, 0) is 28.4 Å². The number of rotatable bonds is 21. The van der Waals surface area contributed by atoms with E-state index >= 15 is 0 Å². The molecule has 3 heteroatoms. The predicted octanol–water partition coefficient (Wildman–Crippen LogP) is 12.7. The van der Waals surface area contributed by atoms with Crippen LogP contribution in [-0.4, -0.2) is 30.7 Å². The van der Waals surface area contributed by atoms with Gasteiger partial charge >= 0.3 is 0 Å². The Morgan fingerprint density at radius 3 is 1.21 bits per heavy atom. The Morgan fingerprint density at radius 2 is 0.896 bits per heavy atom. The molecule has 2 aromatic rings. The van der Waals surface area contributed by atoms with Crippen LogP contribution < -0.4 is 0 Å². The first-order valence-electron chi connectivity index (χ1n) is 19.9. The Kier molecular flexibility index (Phi) is 16.2. The average Bonchev–Trinajstić information content (AvgIpc) is 3.06. The highest BCUT2D eigenvalue weighted by atomic mass is 16.7. The molecule has 0 heterocycles. The maximum absolute atomic E-state index is 13.0. The van der Waals surface area contributed by atoms with E-state index in [1.807, 2.05) is 7.11 Å². The number of aliphatic hydroxyl groups is 1. The molecule has 2 aromatic carbocycles. The van der Waals surface area contributed by atoms with Crippen molar-refractivity contribution in [1.82, 2.24) is 0 Å². The van der Waals surface area contributed by atoms with Gasteiger partial charge in [-0.25, -0.2) is 0 Å². The minimum absolute atomic E-state index is 0.277. The van der Waals surface area contributed by atoms with Crippen molar-refractivity contribution in [3.8, 4) is 0 Å². The van der Waals surface area contributed by atoms with Crippen LogP contribution in [0.25, 0.3) is 0 Å². The first-order valence-corrected chi connectivity index (χ1v) is 19.9. The van der Waals surface area contributed by atoms with E-state index < -0.39 is 22.7 Å². The van der Waals surface area contributed by atoms with Gasteiger partial charge in [-0.2, -0.15) is 0 Å². The topological polar surface area (TPSA) is 38.7 Å². The molecule has 1 fully saturated rings. The fraction of sp³-hybridized carbons (Fsp3) is 0.733. The van der Waals surface area contributed by atoms with E-state index in [-0.39, 0.29) is 10.8 Å².